The highest BCUT2D eigenvalue weighted by atomic mass is 16.6. The first-order chi connectivity index (χ1) is 11.9. The minimum atomic E-state index is -0.460. The molecule has 1 heterocycles. The van der Waals surface area contributed by atoms with Gasteiger partial charge in [-0.15, -0.1) is 0 Å². The predicted octanol–water partition coefficient (Wildman–Crippen LogP) is 4.26. The van der Waals surface area contributed by atoms with Crippen LogP contribution < -0.4 is 4.74 Å². The molecule has 2 aromatic rings. The second-order valence-corrected chi connectivity index (χ2v) is 7.78. The topological polar surface area (TPSA) is 38.8 Å². The second kappa shape index (κ2) is 5.80. The number of fused-ring (bicyclic) bond motifs is 3. The van der Waals surface area contributed by atoms with Crippen LogP contribution in [0.2, 0.25) is 0 Å². The van der Waals surface area contributed by atoms with Crippen LogP contribution in [0.15, 0.2) is 42.5 Å². The fourth-order valence-corrected chi connectivity index (χ4v) is 3.38. The number of rotatable bonds is 2. The van der Waals surface area contributed by atoms with E-state index < -0.39 is 5.60 Å². The molecule has 0 saturated carbocycles. The van der Waals surface area contributed by atoms with Gasteiger partial charge >= 0.3 is 6.09 Å². The second-order valence-electron chi connectivity index (χ2n) is 7.78. The van der Waals surface area contributed by atoms with Crippen LogP contribution in [0.25, 0.3) is 11.1 Å². The van der Waals surface area contributed by atoms with Crippen molar-refractivity contribution < 1.29 is 14.3 Å². The Kier molecular flexibility index (Phi) is 3.71. The first-order valence-corrected chi connectivity index (χ1v) is 8.75. The maximum absolute atomic E-state index is 12.0. The summed E-state index contributed by atoms with van der Waals surface area (Å²) in [5.41, 5.74) is 4.84. The van der Waals surface area contributed by atoms with E-state index in [9.17, 15) is 4.79 Å². The molecule has 0 atom stereocenters. The fraction of sp³-hybridized carbons (Fsp3) is 0.381. The van der Waals surface area contributed by atoms with E-state index in [-0.39, 0.29) is 12.2 Å². The fourth-order valence-electron chi connectivity index (χ4n) is 3.38. The highest BCUT2D eigenvalue weighted by molar-refractivity contribution is 5.77. The molecule has 1 aliphatic carbocycles. The van der Waals surface area contributed by atoms with E-state index in [0.29, 0.717) is 13.1 Å². The molecule has 4 heteroatoms. The first-order valence-electron chi connectivity index (χ1n) is 8.75. The number of amides is 1. The average molecular weight is 337 g/mol. The van der Waals surface area contributed by atoms with Crippen molar-refractivity contribution in [3.63, 3.8) is 0 Å². The summed E-state index contributed by atoms with van der Waals surface area (Å²) in [4.78, 5) is 13.6. The van der Waals surface area contributed by atoms with Gasteiger partial charge in [0.25, 0.3) is 0 Å². The van der Waals surface area contributed by atoms with Gasteiger partial charge in [-0.1, -0.05) is 30.3 Å². The molecule has 0 spiro atoms. The van der Waals surface area contributed by atoms with Crippen LogP contribution in [0.3, 0.4) is 0 Å². The summed E-state index contributed by atoms with van der Waals surface area (Å²) in [5.74, 6) is 0.875. The molecular weight excluding hydrogens is 314 g/mol. The standard InChI is InChI=1S/C21H23NO3/c1-21(2,3)25-20(23)22-12-17(13-22)24-16-8-9-19-15(11-16)10-14-6-4-5-7-18(14)19/h4-9,11,17H,10,12-13H2,1-3H3. The lowest BCUT2D eigenvalue weighted by molar-refractivity contribution is -0.0221. The molecule has 25 heavy (non-hydrogen) atoms. The summed E-state index contributed by atoms with van der Waals surface area (Å²) < 4.78 is 11.4. The minimum Gasteiger partial charge on any atom is -0.487 e. The van der Waals surface area contributed by atoms with Crippen molar-refractivity contribution in [1.82, 2.24) is 4.90 Å². The number of carbonyl (C=O) groups excluding carboxylic acids is 1. The van der Waals surface area contributed by atoms with Gasteiger partial charge in [0.2, 0.25) is 0 Å². The van der Waals surface area contributed by atoms with Crippen molar-refractivity contribution >= 4 is 6.09 Å². The third-order valence-corrected chi connectivity index (χ3v) is 4.57. The summed E-state index contributed by atoms with van der Waals surface area (Å²) in [6.45, 7) is 6.78. The van der Waals surface area contributed by atoms with Gasteiger partial charge < -0.3 is 14.4 Å². The number of hydrogen-bond acceptors (Lipinski definition) is 3. The summed E-state index contributed by atoms with van der Waals surface area (Å²) >= 11 is 0. The van der Waals surface area contributed by atoms with Crippen molar-refractivity contribution in [2.45, 2.75) is 38.9 Å². The van der Waals surface area contributed by atoms with Crippen molar-refractivity contribution in [3.8, 4) is 16.9 Å². The molecule has 0 aromatic heterocycles. The van der Waals surface area contributed by atoms with E-state index in [0.717, 1.165) is 12.2 Å². The Hall–Kier alpha value is -2.49. The van der Waals surface area contributed by atoms with Crippen LogP contribution in [0.5, 0.6) is 5.75 Å². The lowest BCUT2D eigenvalue weighted by Crippen LogP contribution is -2.57. The Morgan fingerprint density at radius 1 is 1.04 bits per heavy atom. The van der Waals surface area contributed by atoms with Crippen molar-refractivity contribution in [2.24, 2.45) is 0 Å². The van der Waals surface area contributed by atoms with Gasteiger partial charge in [0.15, 0.2) is 0 Å². The molecule has 1 saturated heterocycles. The summed E-state index contributed by atoms with van der Waals surface area (Å²) in [6.07, 6.45) is 0.725. The summed E-state index contributed by atoms with van der Waals surface area (Å²) in [5, 5.41) is 0. The monoisotopic (exact) mass is 337 g/mol. The molecule has 1 aliphatic heterocycles. The van der Waals surface area contributed by atoms with E-state index in [1.807, 2.05) is 26.8 Å². The third kappa shape index (κ3) is 3.21. The Bertz CT molecular complexity index is 816. The van der Waals surface area contributed by atoms with Gasteiger partial charge in [-0.25, -0.2) is 4.79 Å². The zero-order valence-electron chi connectivity index (χ0n) is 14.9. The normalized spacial score (nSPS) is 16.0. The van der Waals surface area contributed by atoms with Gasteiger partial charge in [0, 0.05) is 0 Å². The Morgan fingerprint density at radius 2 is 1.76 bits per heavy atom. The Labute approximate surface area is 148 Å². The van der Waals surface area contributed by atoms with Crippen LogP contribution >= 0.6 is 0 Å². The molecule has 4 nitrogen and oxygen atoms in total. The molecule has 0 N–H and O–H groups in total. The van der Waals surface area contributed by atoms with E-state index in [4.69, 9.17) is 9.47 Å². The lowest BCUT2D eigenvalue weighted by atomic mass is 10.1. The van der Waals surface area contributed by atoms with Crippen LogP contribution in [0.1, 0.15) is 31.9 Å². The lowest BCUT2D eigenvalue weighted by Gasteiger charge is -2.39. The molecular formula is C21H23NO3. The number of hydrogen-bond donors (Lipinski definition) is 0. The summed E-state index contributed by atoms with van der Waals surface area (Å²) in [6, 6.07) is 14.8. The Morgan fingerprint density at radius 3 is 2.52 bits per heavy atom. The summed E-state index contributed by atoms with van der Waals surface area (Å²) in [7, 11) is 0. The molecule has 0 bridgehead atoms. The average Bonchev–Trinajstić information content (AvgIpc) is 2.86. The van der Waals surface area contributed by atoms with Crippen LogP contribution in [0.4, 0.5) is 4.79 Å². The van der Waals surface area contributed by atoms with Gasteiger partial charge in [-0.2, -0.15) is 0 Å². The smallest absolute Gasteiger partial charge is 0.410 e. The van der Waals surface area contributed by atoms with Gasteiger partial charge in [0.1, 0.15) is 17.5 Å². The maximum Gasteiger partial charge on any atom is 0.410 e. The van der Waals surface area contributed by atoms with Gasteiger partial charge in [-0.3, -0.25) is 0 Å². The molecule has 2 aromatic carbocycles. The minimum absolute atomic E-state index is 0.0364. The molecule has 1 amide bonds. The van der Waals surface area contributed by atoms with Gasteiger partial charge in [-0.05, 0) is 61.6 Å². The highest BCUT2D eigenvalue weighted by Crippen LogP contribution is 2.38. The van der Waals surface area contributed by atoms with E-state index in [1.54, 1.807) is 4.90 Å². The van der Waals surface area contributed by atoms with E-state index in [2.05, 4.69) is 36.4 Å². The first kappa shape index (κ1) is 16.0. The number of ether oxygens (including phenoxy) is 2. The molecule has 130 valence electrons. The van der Waals surface area contributed by atoms with Crippen molar-refractivity contribution in [1.29, 1.82) is 0 Å². The molecule has 2 aliphatic rings. The quantitative estimate of drug-likeness (QED) is 0.701. The van der Waals surface area contributed by atoms with Gasteiger partial charge in [0.05, 0.1) is 13.1 Å². The SMILES string of the molecule is CC(C)(C)OC(=O)N1CC(Oc2ccc3c(c2)Cc2ccccc2-3)C1. The van der Waals surface area contributed by atoms with E-state index >= 15 is 0 Å². The molecule has 1 fully saturated rings. The van der Waals surface area contributed by atoms with E-state index in [1.165, 1.54) is 22.3 Å². The molecule has 0 unspecified atom stereocenters. The van der Waals surface area contributed by atoms with Crippen molar-refractivity contribution in [2.75, 3.05) is 13.1 Å². The maximum atomic E-state index is 12.0. The van der Waals surface area contributed by atoms with Crippen LogP contribution in [-0.4, -0.2) is 35.8 Å². The van der Waals surface area contributed by atoms with Crippen LogP contribution in [0, 0.1) is 0 Å². The van der Waals surface area contributed by atoms with Crippen LogP contribution in [-0.2, 0) is 11.2 Å². The largest absolute Gasteiger partial charge is 0.487 e. The number of nitrogens with zero attached hydrogens (tertiary/aromatic N) is 1. The highest BCUT2D eigenvalue weighted by Gasteiger charge is 2.35. The molecule has 0 radical (unpaired) electrons. The number of benzene rings is 2. The molecule has 4 rings (SSSR count). The zero-order valence-corrected chi connectivity index (χ0v) is 14.9. The van der Waals surface area contributed by atoms with Crippen molar-refractivity contribution in [3.05, 3.63) is 53.6 Å². The number of carbonyl (C=O) groups is 1. The Balaban J connectivity index is 1.37. The predicted molar refractivity (Wildman–Crippen MR) is 96.9 cm³/mol. The third-order valence-electron chi connectivity index (χ3n) is 4.57. The number of likely N-dealkylation sites (tertiary alicyclic amines) is 1. The zero-order chi connectivity index (χ0) is 17.6.